The summed E-state index contributed by atoms with van der Waals surface area (Å²) in [5, 5.41) is 2.98. The first-order valence-corrected chi connectivity index (χ1v) is 9.13. The summed E-state index contributed by atoms with van der Waals surface area (Å²) in [5.41, 5.74) is 0.751. The molecule has 5 nitrogen and oxygen atoms in total. The molecule has 0 radical (unpaired) electrons. The maximum absolute atomic E-state index is 13.8. The van der Waals surface area contributed by atoms with E-state index in [0.717, 1.165) is 23.4 Å². The number of nitrogens with zero attached hydrogens (tertiary/aromatic N) is 1. The largest absolute Gasteiger partial charge is 0.497 e. The zero-order chi connectivity index (χ0) is 20.1. The van der Waals surface area contributed by atoms with Gasteiger partial charge >= 0.3 is 0 Å². The van der Waals surface area contributed by atoms with Gasteiger partial charge in [-0.15, -0.1) is 0 Å². The second-order valence-corrected chi connectivity index (χ2v) is 6.78. The van der Waals surface area contributed by atoms with E-state index in [2.05, 4.69) is 5.32 Å². The number of piperidine rings is 1. The summed E-state index contributed by atoms with van der Waals surface area (Å²) in [4.78, 5) is 26.2. The van der Waals surface area contributed by atoms with E-state index in [1.807, 2.05) is 12.1 Å². The molecule has 3 rings (SSSR count). The second kappa shape index (κ2) is 8.82. The topological polar surface area (TPSA) is 58.6 Å². The number of carbonyl (C=O) groups is 2. The van der Waals surface area contributed by atoms with E-state index in [1.54, 1.807) is 19.2 Å². The van der Waals surface area contributed by atoms with Crippen molar-refractivity contribution in [2.45, 2.75) is 25.3 Å². The van der Waals surface area contributed by atoms with Crippen LogP contribution in [0.1, 0.15) is 28.8 Å². The van der Waals surface area contributed by atoms with Crippen molar-refractivity contribution in [1.82, 2.24) is 10.2 Å². The highest BCUT2D eigenvalue weighted by molar-refractivity contribution is 5.94. The number of hydrogen-bond donors (Lipinski definition) is 1. The van der Waals surface area contributed by atoms with Crippen molar-refractivity contribution in [3.05, 3.63) is 65.2 Å². The third-order valence-corrected chi connectivity index (χ3v) is 4.83. The van der Waals surface area contributed by atoms with Crippen LogP contribution in [0.3, 0.4) is 0 Å². The van der Waals surface area contributed by atoms with Crippen molar-refractivity contribution in [2.75, 3.05) is 20.2 Å². The monoisotopic (exact) mass is 388 g/mol. The number of benzene rings is 2. The molecule has 1 N–H and O–H groups in total. The Morgan fingerprint density at radius 2 is 1.79 bits per heavy atom. The van der Waals surface area contributed by atoms with Gasteiger partial charge < -0.3 is 15.0 Å². The van der Waals surface area contributed by atoms with E-state index in [1.165, 1.54) is 4.90 Å². The Bertz CT molecular complexity index is 847. The van der Waals surface area contributed by atoms with Crippen LogP contribution in [-0.2, 0) is 11.2 Å². The average molecular weight is 388 g/mol. The Morgan fingerprint density at radius 3 is 2.39 bits per heavy atom. The third kappa shape index (κ3) is 4.85. The van der Waals surface area contributed by atoms with Crippen LogP contribution in [0.25, 0.3) is 0 Å². The number of nitrogens with one attached hydrogen (secondary N) is 1. The summed E-state index contributed by atoms with van der Waals surface area (Å²) in [7, 11) is 1.59. The van der Waals surface area contributed by atoms with E-state index >= 15 is 0 Å². The predicted molar refractivity (Wildman–Crippen MR) is 100 cm³/mol. The molecule has 0 bridgehead atoms. The minimum atomic E-state index is -0.861. The molecule has 1 fully saturated rings. The van der Waals surface area contributed by atoms with Crippen molar-refractivity contribution in [3.8, 4) is 5.75 Å². The lowest BCUT2D eigenvalue weighted by atomic mass is 10.0. The van der Waals surface area contributed by atoms with Crippen LogP contribution in [0.2, 0.25) is 0 Å². The molecule has 28 heavy (non-hydrogen) atoms. The Morgan fingerprint density at radius 1 is 1.11 bits per heavy atom. The van der Waals surface area contributed by atoms with Crippen LogP contribution < -0.4 is 10.1 Å². The van der Waals surface area contributed by atoms with Crippen molar-refractivity contribution in [3.63, 3.8) is 0 Å². The Hall–Kier alpha value is -2.96. The van der Waals surface area contributed by atoms with E-state index in [0.29, 0.717) is 32.0 Å². The molecule has 2 aromatic rings. The van der Waals surface area contributed by atoms with Crippen LogP contribution in [-0.4, -0.2) is 43.0 Å². The fourth-order valence-electron chi connectivity index (χ4n) is 3.27. The smallest absolute Gasteiger partial charge is 0.256 e. The van der Waals surface area contributed by atoms with Crippen molar-refractivity contribution < 1.29 is 23.1 Å². The van der Waals surface area contributed by atoms with Gasteiger partial charge in [0.25, 0.3) is 5.91 Å². The number of likely N-dealkylation sites (tertiary alicyclic amines) is 1. The fourth-order valence-corrected chi connectivity index (χ4v) is 3.27. The maximum atomic E-state index is 13.8. The fraction of sp³-hybridized carbons (Fsp3) is 0.333. The highest BCUT2D eigenvalue weighted by Crippen LogP contribution is 2.17. The van der Waals surface area contributed by atoms with Crippen LogP contribution in [0.15, 0.2) is 42.5 Å². The molecule has 0 aromatic heterocycles. The highest BCUT2D eigenvalue weighted by Gasteiger charge is 2.26. The molecular formula is C21H22F2N2O3. The summed E-state index contributed by atoms with van der Waals surface area (Å²) in [6.07, 6.45) is 1.44. The van der Waals surface area contributed by atoms with Gasteiger partial charge in [0.1, 0.15) is 17.4 Å². The van der Waals surface area contributed by atoms with Gasteiger partial charge in [-0.25, -0.2) is 8.78 Å². The van der Waals surface area contributed by atoms with Gasteiger partial charge in [0.05, 0.1) is 19.1 Å². The molecule has 1 aliphatic rings. The van der Waals surface area contributed by atoms with Gasteiger partial charge in [0, 0.05) is 25.2 Å². The van der Waals surface area contributed by atoms with Crippen LogP contribution in [0, 0.1) is 11.6 Å². The number of ether oxygens (including phenoxy) is 1. The molecule has 0 saturated carbocycles. The molecule has 1 saturated heterocycles. The minimum Gasteiger partial charge on any atom is -0.497 e. The molecule has 148 valence electrons. The van der Waals surface area contributed by atoms with Gasteiger partial charge in [-0.3, -0.25) is 9.59 Å². The van der Waals surface area contributed by atoms with E-state index in [4.69, 9.17) is 4.74 Å². The first kappa shape index (κ1) is 19.8. The number of carbonyl (C=O) groups excluding carboxylic acids is 2. The lowest BCUT2D eigenvalue weighted by Gasteiger charge is -2.32. The molecule has 7 heteroatoms. The van der Waals surface area contributed by atoms with Crippen LogP contribution in [0.5, 0.6) is 5.75 Å². The molecule has 2 aromatic carbocycles. The standard InChI is InChI=1S/C21H22F2N2O3/c1-28-17-5-2-14(3-6-17)12-20(26)24-16-8-10-25(11-9-16)21(27)18-7-4-15(22)13-19(18)23/h2-7,13,16H,8-12H2,1H3,(H,24,26). The van der Waals surface area contributed by atoms with Gasteiger partial charge in [-0.1, -0.05) is 12.1 Å². The SMILES string of the molecule is COc1ccc(CC(=O)NC2CCN(C(=O)c3ccc(F)cc3F)CC2)cc1. The first-order valence-electron chi connectivity index (χ1n) is 9.13. The van der Waals surface area contributed by atoms with E-state index in [9.17, 15) is 18.4 Å². The molecule has 0 unspecified atom stereocenters. The van der Waals surface area contributed by atoms with Crippen molar-refractivity contribution in [2.24, 2.45) is 0 Å². The van der Waals surface area contributed by atoms with Crippen LogP contribution in [0.4, 0.5) is 8.78 Å². The van der Waals surface area contributed by atoms with Gasteiger partial charge in [0.15, 0.2) is 0 Å². The average Bonchev–Trinajstić information content (AvgIpc) is 2.68. The predicted octanol–water partition coefficient (Wildman–Crippen LogP) is 2.94. The zero-order valence-electron chi connectivity index (χ0n) is 15.6. The number of methoxy groups -OCH3 is 1. The number of halogens is 2. The normalized spacial score (nSPS) is 14.6. The van der Waals surface area contributed by atoms with Gasteiger partial charge in [0.2, 0.25) is 5.91 Å². The summed E-state index contributed by atoms with van der Waals surface area (Å²) >= 11 is 0. The number of amides is 2. The first-order chi connectivity index (χ1) is 13.5. The molecule has 1 aliphatic heterocycles. The van der Waals surface area contributed by atoms with Crippen LogP contribution >= 0.6 is 0 Å². The Kier molecular flexibility index (Phi) is 6.23. The van der Waals surface area contributed by atoms with E-state index < -0.39 is 17.5 Å². The molecule has 0 aliphatic carbocycles. The number of rotatable bonds is 5. The Balaban J connectivity index is 1.49. The highest BCUT2D eigenvalue weighted by atomic mass is 19.1. The molecular weight excluding hydrogens is 366 g/mol. The lowest BCUT2D eigenvalue weighted by Crippen LogP contribution is -2.47. The molecule has 0 atom stereocenters. The minimum absolute atomic E-state index is 0.0344. The lowest BCUT2D eigenvalue weighted by molar-refractivity contribution is -0.121. The van der Waals surface area contributed by atoms with Crippen molar-refractivity contribution >= 4 is 11.8 Å². The molecule has 2 amide bonds. The zero-order valence-corrected chi connectivity index (χ0v) is 15.6. The third-order valence-electron chi connectivity index (χ3n) is 4.83. The summed E-state index contributed by atoms with van der Waals surface area (Å²) in [6.45, 7) is 0.812. The van der Waals surface area contributed by atoms with Gasteiger partial charge in [-0.05, 0) is 42.7 Å². The summed E-state index contributed by atoms with van der Waals surface area (Å²) in [5.74, 6) is -1.38. The molecule has 0 spiro atoms. The summed E-state index contributed by atoms with van der Waals surface area (Å²) in [6, 6.07) is 10.2. The second-order valence-electron chi connectivity index (χ2n) is 6.78. The van der Waals surface area contributed by atoms with Crippen molar-refractivity contribution in [1.29, 1.82) is 0 Å². The van der Waals surface area contributed by atoms with Gasteiger partial charge in [-0.2, -0.15) is 0 Å². The van der Waals surface area contributed by atoms with E-state index in [-0.39, 0.29) is 23.9 Å². The quantitative estimate of drug-likeness (QED) is 0.857. The molecule has 1 heterocycles. The maximum Gasteiger partial charge on any atom is 0.256 e. The number of hydrogen-bond acceptors (Lipinski definition) is 3. The summed E-state index contributed by atoms with van der Waals surface area (Å²) < 4.78 is 31.9. The Labute approximate surface area is 162 Å².